The van der Waals surface area contributed by atoms with Gasteiger partial charge in [-0.25, -0.2) is 8.42 Å². The van der Waals surface area contributed by atoms with Crippen molar-refractivity contribution >= 4 is 67.8 Å². The number of halogens is 4. The molecule has 21 heavy (non-hydrogen) atoms. The van der Waals surface area contributed by atoms with E-state index in [4.69, 9.17) is 52.1 Å². The molecule has 9 heteroatoms. The predicted octanol–water partition coefficient (Wildman–Crippen LogP) is 4.68. The summed E-state index contributed by atoms with van der Waals surface area (Å²) in [6.07, 6.45) is 0. The minimum Gasteiger partial charge on any atom is -0.398 e. The molecule has 3 N–H and O–H groups in total. The van der Waals surface area contributed by atoms with Crippen LogP contribution in [0.2, 0.25) is 20.1 Å². The van der Waals surface area contributed by atoms with E-state index < -0.39 is 10.0 Å². The molecule has 0 amide bonds. The monoisotopic (exact) mass is 384 g/mol. The Morgan fingerprint density at radius 1 is 0.905 bits per heavy atom. The number of rotatable bonds is 3. The maximum Gasteiger partial charge on any atom is 0.263 e. The summed E-state index contributed by atoms with van der Waals surface area (Å²) in [5.74, 6) is 0. The summed E-state index contributed by atoms with van der Waals surface area (Å²) in [5.41, 5.74) is 5.79. The van der Waals surface area contributed by atoms with Gasteiger partial charge < -0.3 is 5.73 Å². The molecule has 0 heterocycles. The maximum absolute atomic E-state index is 12.3. The van der Waals surface area contributed by atoms with Crippen molar-refractivity contribution in [2.45, 2.75) is 4.90 Å². The molecule has 2 aromatic carbocycles. The second kappa shape index (κ2) is 6.10. The van der Waals surface area contributed by atoms with E-state index in [1.165, 1.54) is 30.3 Å². The van der Waals surface area contributed by atoms with Crippen LogP contribution in [0, 0.1) is 0 Å². The van der Waals surface area contributed by atoms with Gasteiger partial charge in [-0.2, -0.15) is 0 Å². The highest BCUT2D eigenvalue weighted by molar-refractivity contribution is 7.92. The van der Waals surface area contributed by atoms with Crippen molar-refractivity contribution in [1.82, 2.24) is 0 Å². The predicted molar refractivity (Wildman–Crippen MR) is 88.1 cm³/mol. The Bertz CT molecular complexity index is 809. The summed E-state index contributed by atoms with van der Waals surface area (Å²) >= 11 is 23.3. The molecule has 0 radical (unpaired) electrons. The number of hydrogen-bond donors (Lipinski definition) is 2. The topological polar surface area (TPSA) is 72.2 Å². The van der Waals surface area contributed by atoms with Crippen molar-refractivity contribution < 1.29 is 8.42 Å². The highest BCUT2D eigenvalue weighted by atomic mass is 35.5. The fraction of sp³-hybridized carbons (Fsp3) is 0. The zero-order valence-electron chi connectivity index (χ0n) is 10.2. The van der Waals surface area contributed by atoms with Crippen molar-refractivity contribution in [1.29, 1.82) is 0 Å². The van der Waals surface area contributed by atoms with Gasteiger partial charge >= 0.3 is 0 Å². The highest BCUT2D eigenvalue weighted by Gasteiger charge is 2.19. The third-order valence-corrected chi connectivity index (χ3v) is 5.23. The minimum atomic E-state index is -3.93. The average Bonchev–Trinajstić information content (AvgIpc) is 2.35. The molecule has 2 aromatic rings. The van der Waals surface area contributed by atoms with Gasteiger partial charge in [0.2, 0.25) is 0 Å². The third-order valence-electron chi connectivity index (χ3n) is 2.52. The van der Waals surface area contributed by atoms with Gasteiger partial charge in [0.05, 0.1) is 26.4 Å². The second-order valence-corrected chi connectivity index (χ2v) is 7.34. The molecule has 0 saturated carbocycles. The van der Waals surface area contributed by atoms with E-state index >= 15 is 0 Å². The lowest BCUT2D eigenvalue weighted by Crippen LogP contribution is -2.15. The lowest BCUT2D eigenvalue weighted by molar-refractivity contribution is 0.601. The van der Waals surface area contributed by atoms with Gasteiger partial charge in [0.1, 0.15) is 4.90 Å². The van der Waals surface area contributed by atoms with Gasteiger partial charge in [-0.15, -0.1) is 0 Å². The fourth-order valence-corrected chi connectivity index (χ4v) is 3.58. The largest absolute Gasteiger partial charge is 0.398 e. The van der Waals surface area contributed by atoms with Crippen LogP contribution in [0.25, 0.3) is 0 Å². The van der Waals surface area contributed by atoms with Crippen LogP contribution in [0.15, 0.2) is 35.2 Å². The van der Waals surface area contributed by atoms with Crippen molar-refractivity contribution in [3.8, 4) is 0 Å². The van der Waals surface area contributed by atoms with Gasteiger partial charge in [0.15, 0.2) is 0 Å². The maximum atomic E-state index is 12.3. The van der Waals surface area contributed by atoms with Crippen LogP contribution in [0.5, 0.6) is 0 Å². The molecule has 0 atom stereocenters. The van der Waals surface area contributed by atoms with Crippen molar-refractivity contribution in [3.63, 3.8) is 0 Å². The minimum absolute atomic E-state index is 0.0196. The van der Waals surface area contributed by atoms with E-state index in [0.29, 0.717) is 5.02 Å². The highest BCUT2D eigenvalue weighted by Crippen LogP contribution is 2.34. The Hall–Kier alpha value is -0.850. The molecule has 0 aliphatic heterocycles. The van der Waals surface area contributed by atoms with Crippen LogP contribution in [0.3, 0.4) is 0 Å². The smallest absolute Gasteiger partial charge is 0.263 e. The quantitative estimate of drug-likeness (QED) is 0.594. The summed E-state index contributed by atoms with van der Waals surface area (Å²) in [4.78, 5) is -0.117. The van der Waals surface area contributed by atoms with Gasteiger partial charge in [-0.1, -0.05) is 46.4 Å². The summed E-state index contributed by atoms with van der Waals surface area (Å²) in [7, 11) is -3.93. The number of nitrogen functional groups attached to an aromatic ring is 1. The average molecular weight is 386 g/mol. The molecule has 0 aliphatic carbocycles. The number of benzene rings is 2. The van der Waals surface area contributed by atoms with Gasteiger partial charge in [-0.3, -0.25) is 4.72 Å². The summed E-state index contributed by atoms with van der Waals surface area (Å²) in [6.45, 7) is 0. The van der Waals surface area contributed by atoms with Crippen molar-refractivity contribution in [2.24, 2.45) is 0 Å². The van der Waals surface area contributed by atoms with Crippen LogP contribution < -0.4 is 10.5 Å². The van der Waals surface area contributed by atoms with E-state index in [1.807, 2.05) is 0 Å². The second-order valence-electron chi connectivity index (χ2n) is 4.03. The van der Waals surface area contributed by atoms with Crippen LogP contribution in [0.4, 0.5) is 11.4 Å². The molecule has 112 valence electrons. The molecule has 0 fully saturated rings. The Labute approximate surface area is 141 Å². The molecule has 0 aromatic heterocycles. The van der Waals surface area contributed by atoms with Gasteiger partial charge in [-0.05, 0) is 30.3 Å². The lowest BCUT2D eigenvalue weighted by atomic mass is 10.3. The molecule has 0 unspecified atom stereocenters. The molecule has 0 spiro atoms. The SMILES string of the molecule is Nc1cc(Cl)ccc1S(=O)(=O)Nc1cc(Cl)c(Cl)cc1Cl. The molecular weight excluding hydrogens is 378 g/mol. The van der Waals surface area contributed by atoms with Crippen LogP contribution >= 0.6 is 46.4 Å². The Balaban J connectivity index is 2.45. The first-order valence-corrected chi connectivity index (χ1v) is 8.42. The molecule has 0 bridgehead atoms. The third kappa shape index (κ3) is 3.67. The number of hydrogen-bond acceptors (Lipinski definition) is 3. The molecule has 2 rings (SSSR count). The van der Waals surface area contributed by atoms with E-state index in [9.17, 15) is 8.42 Å². The van der Waals surface area contributed by atoms with E-state index in [1.54, 1.807) is 0 Å². The molecule has 0 saturated heterocycles. The van der Waals surface area contributed by atoms with E-state index in [2.05, 4.69) is 4.72 Å². The Kier molecular flexibility index (Phi) is 4.80. The number of sulfonamides is 1. The molecular formula is C12H8Cl4N2O2S. The number of nitrogens with one attached hydrogen (secondary N) is 1. The van der Waals surface area contributed by atoms with Crippen molar-refractivity contribution in [3.05, 3.63) is 50.4 Å². The normalized spacial score (nSPS) is 11.4. The van der Waals surface area contributed by atoms with Gasteiger partial charge in [0.25, 0.3) is 10.0 Å². The van der Waals surface area contributed by atoms with Crippen LogP contribution in [-0.4, -0.2) is 8.42 Å². The fourth-order valence-electron chi connectivity index (χ4n) is 1.56. The number of nitrogens with two attached hydrogens (primary N) is 1. The van der Waals surface area contributed by atoms with Crippen LogP contribution in [-0.2, 0) is 10.0 Å². The summed E-state index contributed by atoms with van der Waals surface area (Å²) in [5, 5.41) is 0.831. The van der Waals surface area contributed by atoms with Crippen molar-refractivity contribution in [2.75, 3.05) is 10.5 Å². The standard InChI is InChI=1S/C12H8Cl4N2O2S/c13-6-1-2-12(10(17)3-6)21(19,20)18-11-5-8(15)7(14)4-9(11)16/h1-5,18H,17H2. The first kappa shape index (κ1) is 16.5. The number of anilines is 2. The Morgan fingerprint density at radius 2 is 1.52 bits per heavy atom. The summed E-state index contributed by atoms with van der Waals surface area (Å²) in [6, 6.07) is 6.71. The first-order chi connectivity index (χ1) is 9.70. The zero-order valence-corrected chi connectivity index (χ0v) is 14.0. The zero-order chi connectivity index (χ0) is 15.8. The van der Waals surface area contributed by atoms with E-state index in [-0.39, 0.29) is 31.3 Å². The first-order valence-electron chi connectivity index (χ1n) is 5.43. The summed E-state index contributed by atoms with van der Waals surface area (Å²) < 4.78 is 26.9. The van der Waals surface area contributed by atoms with Crippen LogP contribution in [0.1, 0.15) is 0 Å². The Morgan fingerprint density at radius 3 is 2.14 bits per heavy atom. The van der Waals surface area contributed by atoms with Gasteiger partial charge in [0, 0.05) is 5.02 Å². The molecule has 0 aliphatic rings. The van der Waals surface area contributed by atoms with E-state index in [0.717, 1.165) is 0 Å². The molecule has 4 nitrogen and oxygen atoms in total. The lowest BCUT2D eigenvalue weighted by Gasteiger charge is -2.12.